The Hall–Kier alpha value is -3.79. The lowest BCUT2D eigenvalue weighted by molar-refractivity contribution is -0.136. The minimum atomic E-state index is -0.882. The number of tetrazole rings is 1. The van der Waals surface area contributed by atoms with E-state index in [1.807, 2.05) is 24.3 Å². The first-order valence-electron chi connectivity index (χ1n) is 8.50. The Kier molecular flexibility index (Phi) is 5.16. The third-order valence-electron chi connectivity index (χ3n) is 3.99. The number of hydrogen-bond donors (Lipinski definition) is 2. The minimum absolute atomic E-state index is 0.0342. The van der Waals surface area contributed by atoms with Crippen LogP contribution in [0.3, 0.4) is 0 Å². The van der Waals surface area contributed by atoms with E-state index in [0.717, 1.165) is 16.9 Å². The number of aliphatic imine (C=N–C) groups is 1. The van der Waals surface area contributed by atoms with E-state index in [1.54, 1.807) is 35.0 Å². The van der Waals surface area contributed by atoms with E-state index in [4.69, 9.17) is 5.11 Å². The number of thioether (sulfide) groups is 1. The van der Waals surface area contributed by atoms with Crippen LogP contribution in [-0.4, -0.2) is 42.4 Å². The van der Waals surface area contributed by atoms with Gasteiger partial charge in [-0.1, -0.05) is 24.3 Å². The maximum atomic E-state index is 12.2. The second-order valence-corrected chi connectivity index (χ2v) is 7.10. The van der Waals surface area contributed by atoms with Crippen LogP contribution in [0.2, 0.25) is 0 Å². The average molecular weight is 406 g/mol. The van der Waals surface area contributed by atoms with Crippen LogP contribution in [0.15, 0.2) is 64.8 Å². The van der Waals surface area contributed by atoms with Gasteiger partial charge >= 0.3 is 5.97 Å². The highest BCUT2D eigenvalue weighted by Crippen LogP contribution is 2.29. The van der Waals surface area contributed by atoms with E-state index in [2.05, 4.69) is 25.8 Å². The number of aliphatic carboxylic acids is 1. The van der Waals surface area contributed by atoms with Crippen molar-refractivity contribution in [3.05, 3.63) is 70.9 Å². The molecule has 9 nitrogen and oxygen atoms in total. The highest BCUT2D eigenvalue weighted by molar-refractivity contribution is 8.18. The molecule has 0 saturated carbocycles. The first-order valence-corrected chi connectivity index (χ1v) is 9.32. The van der Waals surface area contributed by atoms with Crippen molar-refractivity contribution in [2.24, 2.45) is 4.99 Å². The lowest BCUT2D eigenvalue weighted by Crippen LogP contribution is -2.05. The summed E-state index contributed by atoms with van der Waals surface area (Å²) in [6.07, 6.45) is 3.24. The zero-order valence-electron chi connectivity index (χ0n) is 14.9. The zero-order valence-corrected chi connectivity index (χ0v) is 15.7. The lowest BCUT2D eigenvalue weighted by atomic mass is 10.1. The quantitative estimate of drug-likeness (QED) is 0.619. The molecule has 0 unspecified atom stereocenters. The standard InChI is InChI=1S/C19H14N6O3S/c26-17(27)10-13-1-5-14(6-2-13)21-19-22-18(28)16(29-19)9-12-3-7-15(8-4-12)25-11-20-23-24-25/h1-9,11H,10H2,(H,26,27)(H,21,22,28). The average Bonchev–Trinajstić information content (AvgIpc) is 3.34. The number of aromatic nitrogens is 4. The number of amidine groups is 1. The second kappa shape index (κ2) is 8.07. The summed E-state index contributed by atoms with van der Waals surface area (Å²) in [7, 11) is 0. The van der Waals surface area contributed by atoms with Crippen LogP contribution in [0.5, 0.6) is 0 Å². The second-order valence-electron chi connectivity index (χ2n) is 6.07. The van der Waals surface area contributed by atoms with Gasteiger partial charge in [0.1, 0.15) is 6.33 Å². The number of amides is 1. The Morgan fingerprint density at radius 2 is 1.90 bits per heavy atom. The molecule has 1 aliphatic rings. The van der Waals surface area contributed by atoms with E-state index >= 15 is 0 Å². The normalized spacial score (nSPS) is 14.8. The Balaban J connectivity index is 1.41. The van der Waals surface area contributed by atoms with Gasteiger partial charge in [0.05, 0.1) is 17.0 Å². The molecule has 10 heteroatoms. The Bertz CT molecular complexity index is 1110. The van der Waals surface area contributed by atoms with Crippen molar-refractivity contribution in [2.75, 3.05) is 5.32 Å². The third kappa shape index (κ3) is 4.55. The van der Waals surface area contributed by atoms with Gasteiger partial charge in [0.25, 0.3) is 5.91 Å². The predicted octanol–water partition coefficient (Wildman–Crippen LogP) is 2.37. The minimum Gasteiger partial charge on any atom is -0.481 e. The molecular weight excluding hydrogens is 392 g/mol. The molecule has 0 aliphatic carbocycles. The SMILES string of the molecule is O=C(O)Cc1ccc(NC2=NC(=O)C(=Cc3ccc(-n4cnnn4)cc3)S2)cc1. The van der Waals surface area contributed by atoms with Crippen LogP contribution in [-0.2, 0) is 16.0 Å². The fourth-order valence-corrected chi connectivity index (χ4v) is 3.45. The molecule has 0 radical (unpaired) electrons. The van der Waals surface area contributed by atoms with Gasteiger partial charge in [-0.25, -0.2) is 4.68 Å². The number of carbonyl (C=O) groups excluding carboxylic acids is 1. The van der Waals surface area contributed by atoms with Gasteiger partial charge in [-0.05, 0) is 63.7 Å². The highest BCUT2D eigenvalue weighted by Gasteiger charge is 2.22. The number of carboxylic acids is 1. The highest BCUT2D eigenvalue weighted by atomic mass is 32.2. The maximum absolute atomic E-state index is 12.2. The molecule has 4 rings (SSSR count). The van der Waals surface area contributed by atoms with Crippen LogP contribution >= 0.6 is 11.8 Å². The van der Waals surface area contributed by atoms with Crippen LogP contribution < -0.4 is 5.32 Å². The van der Waals surface area contributed by atoms with Gasteiger partial charge in [-0.2, -0.15) is 4.99 Å². The number of anilines is 1. The number of carbonyl (C=O) groups is 2. The molecule has 0 spiro atoms. The third-order valence-corrected chi connectivity index (χ3v) is 4.88. The van der Waals surface area contributed by atoms with Gasteiger partial charge in [0.15, 0.2) is 5.17 Å². The van der Waals surface area contributed by atoms with E-state index < -0.39 is 5.97 Å². The number of nitrogens with one attached hydrogen (secondary N) is 1. The number of hydrogen-bond acceptors (Lipinski definition) is 7. The van der Waals surface area contributed by atoms with Crippen LogP contribution in [0.1, 0.15) is 11.1 Å². The molecule has 29 heavy (non-hydrogen) atoms. The Morgan fingerprint density at radius 3 is 2.55 bits per heavy atom. The summed E-state index contributed by atoms with van der Waals surface area (Å²) in [6, 6.07) is 14.4. The molecule has 1 aromatic heterocycles. The molecule has 1 aliphatic heterocycles. The zero-order chi connectivity index (χ0) is 20.2. The van der Waals surface area contributed by atoms with Crippen molar-refractivity contribution in [3.63, 3.8) is 0 Å². The first-order chi connectivity index (χ1) is 14.1. The summed E-state index contributed by atoms with van der Waals surface area (Å²) in [4.78, 5) is 27.5. The molecule has 2 aromatic carbocycles. The molecule has 2 N–H and O–H groups in total. The van der Waals surface area contributed by atoms with Crippen molar-refractivity contribution < 1.29 is 14.7 Å². The van der Waals surface area contributed by atoms with Gasteiger partial charge < -0.3 is 10.4 Å². The van der Waals surface area contributed by atoms with Crippen molar-refractivity contribution in [3.8, 4) is 5.69 Å². The molecule has 3 aromatic rings. The number of carboxylic acid groups (broad SMARTS) is 1. The number of benzene rings is 2. The smallest absolute Gasteiger partial charge is 0.307 e. The van der Waals surface area contributed by atoms with E-state index in [0.29, 0.717) is 15.6 Å². The summed E-state index contributed by atoms with van der Waals surface area (Å²) in [5, 5.41) is 23.4. The monoisotopic (exact) mass is 406 g/mol. The van der Waals surface area contributed by atoms with Crippen molar-refractivity contribution in [1.29, 1.82) is 0 Å². The van der Waals surface area contributed by atoms with Crippen molar-refractivity contribution in [1.82, 2.24) is 20.2 Å². The fourth-order valence-electron chi connectivity index (χ4n) is 2.62. The largest absolute Gasteiger partial charge is 0.481 e. The van der Waals surface area contributed by atoms with Crippen LogP contribution in [0, 0.1) is 0 Å². The summed E-state index contributed by atoms with van der Waals surface area (Å²) < 4.78 is 1.54. The van der Waals surface area contributed by atoms with Gasteiger partial charge in [0.2, 0.25) is 0 Å². The van der Waals surface area contributed by atoms with Crippen molar-refractivity contribution >= 4 is 40.6 Å². The molecular formula is C19H14N6O3S. The molecule has 144 valence electrons. The summed E-state index contributed by atoms with van der Waals surface area (Å²) in [5.41, 5.74) is 3.09. The molecule has 0 atom stereocenters. The molecule has 2 heterocycles. The Labute approximate surface area is 169 Å². The van der Waals surface area contributed by atoms with Gasteiger partial charge in [-0.15, -0.1) is 5.10 Å². The molecule has 0 saturated heterocycles. The summed E-state index contributed by atoms with van der Waals surface area (Å²) >= 11 is 1.24. The first kappa shape index (κ1) is 18.6. The van der Waals surface area contributed by atoms with Crippen LogP contribution in [0.25, 0.3) is 11.8 Å². The van der Waals surface area contributed by atoms with Gasteiger partial charge in [0, 0.05) is 5.69 Å². The van der Waals surface area contributed by atoms with Crippen LogP contribution in [0.4, 0.5) is 5.69 Å². The van der Waals surface area contributed by atoms with E-state index in [-0.39, 0.29) is 12.3 Å². The molecule has 0 fully saturated rings. The van der Waals surface area contributed by atoms with Crippen molar-refractivity contribution in [2.45, 2.75) is 6.42 Å². The Morgan fingerprint density at radius 1 is 1.14 bits per heavy atom. The number of nitrogens with zero attached hydrogens (tertiary/aromatic N) is 5. The topological polar surface area (TPSA) is 122 Å². The summed E-state index contributed by atoms with van der Waals surface area (Å²) in [5.74, 6) is -1.20. The maximum Gasteiger partial charge on any atom is 0.307 e. The summed E-state index contributed by atoms with van der Waals surface area (Å²) in [6.45, 7) is 0. The van der Waals surface area contributed by atoms with Gasteiger partial charge in [-0.3, -0.25) is 9.59 Å². The predicted molar refractivity (Wildman–Crippen MR) is 109 cm³/mol. The van der Waals surface area contributed by atoms with E-state index in [9.17, 15) is 9.59 Å². The fraction of sp³-hybridized carbons (Fsp3) is 0.0526. The lowest BCUT2D eigenvalue weighted by Gasteiger charge is -2.05. The molecule has 1 amide bonds. The van der Waals surface area contributed by atoms with E-state index in [1.165, 1.54) is 18.1 Å². The number of rotatable bonds is 5. The molecule has 0 bridgehead atoms.